The number of benzene rings is 1. The fraction of sp³-hybridized carbons (Fsp3) is 0.263. The number of hydrogen-bond donors (Lipinski definition) is 2. The number of pyridine rings is 1. The summed E-state index contributed by atoms with van der Waals surface area (Å²) >= 11 is 0. The van der Waals surface area contributed by atoms with E-state index in [0.29, 0.717) is 16.8 Å². The van der Waals surface area contributed by atoms with Gasteiger partial charge in [-0.25, -0.2) is 4.79 Å². The number of nitrogens with one attached hydrogen (secondary N) is 2. The van der Waals surface area contributed by atoms with Gasteiger partial charge in [-0.2, -0.15) is 0 Å². The number of hydrogen-bond acceptors (Lipinski definition) is 5. The summed E-state index contributed by atoms with van der Waals surface area (Å²) in [6.07, 6.45) is 2.21. The number of rotatable bonds is 6. The molecule has 0 aliphatic rings. The Morgan fingerprint density at radius 2 is 1.88 bits per heavy atom. The molecule has 1 atom stereocenters. The van der Waals surface area contributed by atoms with E-state index in [-0.39, 0.29) is 17.6 Å². The van der Waals surface area contributed by atoms with E-state index < -0.39 is 11.9 Å². The zero-order valence-electron chi connectivity index (χ0n) is 14.9. The molecule has 136 valence electrons. The van der Waals surface area contributed by atoms with E-state index in [4.69, 9.17) is 0 Å². The van der Waals surface area contributed by atoms with Gasteiger partial charge in [0.15, 0.2) is 0 Å². The summed E-state index contributed by atoms with van der Waals surface area (Å²) in [7, 11) is 1.29. The monoisotopic (exact) mass is 355 g/mol. The molecule has 7 nitrogen and oxygen atoms in total. The van der Waals surface area contributed by atoms with Crippen molar-refractivity contribution in [1.29, 1.82) is 0 Å². The number of ether oxygens (including phenoxy) is 1. The lowest BCUT2D eigenvalue weighted by atomic mass is 10.1. The Labute approximate surface area is 151 Å². The van der Waals surface area contributed by atoms with Gasteiger partial charge in [0.25, 0.3) is 11.8 Å². The summed E-state index contributed by atoms with van der Waals surface area (Å²) in [5, 5.41) is 5.49. The molecule has 0 spiro atoms. The summed E-state index contributed by atoms with van der Waals surface area (Å²) in [4.78, 5) is 40.1. The lowest BCUT2D eigenvalue weighted by molar-refractivity contribution is 0.0600. The first-order valence-corrected chi connectivity index (χ1v) is 8.21. The Kier molecular flexibility index (Phi) is 6.43. The van der Waals surface area contributed by atoms with Gasteiger partial charge in [0.1, 0.15) is 5.69 Å². The molecule has 1 aromatic carbocycles. The molecule has 0 bridgehead atoms. The number of aromatic nitrogens is 1. The maximum Gasteiger partial charge on any atom is 0.337 e. The van der Waals surface area contributed by atoms with Crippen LogP contribution in [0.15, 0.2) is 42.6 Å². The molecule has 0 aliphatic carbocycles. The summed E-state index contributed by atoms with van der Waals surface area (Å²) in [5.41, 5.74) is 1.20. The molecule has 2 N–H and O–H groups in total. The SMILES string of the molecule is CCC(C)NC(=O)c1ccnc(C(=O)Nc2cccc(C(=O)OC)c2)c1. The van der Waals surface area contributed by atoms with E-state index in [0.717, 1.165) is 6.42 Å². The molecule has 2 aromatic rings. The number of anilines is 1. The van der Waals surface area contributed by atoms with E-state index in [9.17, 15) is 14.4 Å². The lowest BCUT2D eigenvalue weighted by Gasteiger charge is -2.12. The third-order valence-corrected chi connectivity index (χ3v) is 3.79. The van der Waals surface area contributed by atoms with Crippen molar-refractivity contribution >= 4 is 23.5 Å². The minimum absolute atomic E-state index is 0.0361. The Balaban J connectivity index is 2.14. The Bertz CT molecular complexity index is 820. The van der Waals surface area contributed by atoms with Gasteiger partial charge >= 0.3 is 5.97 Å². The molecule has 0 fully saturated rings. The standard InChI is InChI=1S/C19H21N3O4/c1-4-12(2)21-17(23)13-8-9-20-16(11-13)18(24)22-15-7-5-6-14(10-15)19(25)26-3/h5-12H,4H2,1-3H3,(H,21,23)(H,22,24). The molecule has 1 aromatic heterocycles. The van der Waals surface area contributed by atoms with Crippen molar-refractivity contribution in [2.24, 2.45) is 0 Å². The molecule has 7 heteroatoms. The summed E-state index contributed by atoms with van der Waals surface area (Å²) in [6, 6.07) is 9.37. The van der Waals surface area contributed by atoms with Crippen LogP contribution in [0.25, 0.3) is 0 Å². The van der Waals surface area contributed by atoms with Crippen LogP contribution in [-0.2, 0) is 4.74 Å². The predicted molar refractivity (Wildman–Crippen MR) is 97.2 cm³/mol. The first-order valence-electron chi connectivity index (χ1n) is 8.21. The van der Waals surface area contributed by atoms with Crippen LogP contribution in [0, 0.1) is 0 Å². The van der Waals surface area contributed by atoms with Gasteiger partial charge in [0.2, 0.25) is 0 Å². The second kappa shape index (κ2) is 8.75. The first-order chi connectivity index (χ1) is 12.4. The molecule has 1 unspecified atom stereocenters. The van der Waals surface area contributed by atoms with Crippen molar-refractivity contribution < 1.29 is 19.1 Å². The van der Waals surface area contributed by atoms with Gasteiger partial charge < -0.3 is 15.4 Å². The predicted octanol–water partition coefficient (Wildman–Crippen LogP) is 2.65. The van der Waals surface area contributed by atoms with Crippen LogP contribution in [0.2, 0.25) is 0 Å². The van der Waals surface area contributed by atoms with Crippen molar-refractivity contribution in [3.63, 3.8) is 0 Å². The molecule has 0 aliphatic heterocycles. The second-order valence-electron chi connectivity index (χ2n) is 5.74. The number of carbonyl (C=O) groups is 3. The topological polar surface area (TPSA) is 97.4 Å². The fourth-order valence-electron chi connectivity index (χ4n) is 2.14. The molecule has 0 radical (unpaired) electrons. The third-order valence-electron chi connectivity index (χ3n) is 3.79. The first kappa shape index (κ1) is 19.1. The van der Waals surface area contributed by atoms with Gasteiger partial charge in [0, 0.05) is 23.5 Å². The van der Waals surface area contributed by atoms with Crippen molar-refractivity contribution in [2.45, 2.75) is 26.3 Å². The minimum atomic E-state index is -0.497. The normalized spacial score (nSPS) is 11.3. The quantitative estimate of drug-likeness (QED) is 0.777. The number of nitrogens with zero attached hydrogens (tertiary/aromatic N) is 1. The minimum Gasteiger partial charge on any atom is -0.465 e. The van der Waals surface area contributed by atoms with Crippen molar-refractivity contribution in [2.75, 3.05) is 12.4 Å². The molecule has 0 saturated heterocycles. The van der Waals surface area contributed by atoms with Crippen LogP contribution in [0.1, 0.15) is 51.5 Å². The highest BCUT2D eigenvalue weighted by molar-refractivity contribution is 6.05. The maximum atomic E-state index is 12.4. The van der Waals surface area contributed by atoms with E-state index in [1.165, 1.54) is 25.4 Å². The van der Waals surface area contributed by atoms with Crippen molar-refractivity contribution in [3.8, 4) is 0 Å². The fourth-order valence-corrected chi connectivity index (χ4v) is 2.14. The molecular weight excluding hydrogens is 334 g/mol. The summed E-state index contributed by atoms with van der Waals surface area (Å²) in [5.74, 6) is -1.24. The Hall–Kier alpha value is -3.22. The van der Waals surface area contributed by atoms with Crippen molar-refractivity contribution in [1.82, 2.24) is 10.3 Å². The van der Waals surface area contributed by atoms with Gasteiger partial charge in [-0.1, -0.05) is 13.0 Å². The smallest absolute Gasteiger partial charge is 0.337 e. The van der Waals surface area contributed by atoms with Crippen LogP contribution in [0.3, 0.4) is 0 Å². The van der Waals surface area contributed by atoms with Crippen LogP contribution >= 0.6 is 0 Å². The van der Waals surface area contributed by atoms with E-state index >= 15 is 0 Å². The van der Waals surface area contributed by atoms with Crippen LogP contribution in [-0.4, -0.2) is 35.9 Å². The number of methoxy groups -OCH3 is 1. The van der Waals surface area contributed by atoms with Crippen LogP contribution in [0.5, 0.6) is 0 Å². The molecule has 1 heterocycles. The lowest BCUT2D eigenvalue weighted by Crippen LogP contribution is -2.32. The number of amides is 2. The zero-order valence-corrected chi connectivity index (χ0v) is 14.9. The van der Waals surface area contributed by atoms with Gasteiger partial charge in [-0.15, -0.1) is 0 Å². The van der Waals surface area contributed by atoms with E-state index in [1.807, 2.05) is 13.8 Å². The Morgan fingerprint density at radius 3 is 2.58 bits per heavy atom. The average molecular weight is 355 g/mol. The summed E-state index contributed by atoms with van der Waals surface area (Å²) < 4.78 is 4.66. The molecular formula is C19H21N3O4. The molecule has 2 rings (SSSR count). The molecule has 0 saturated carbocycles. The summed E-state index contributed by atoms with van der Waals surface area (Å²) in [6.45, 7) is 3.87. The van der Waals surface area contributed by atoms with Crippen LogP contribution < -0.4 is 10.6 Å². The van der Waals surface area contributed by atoms with Crippen LogP contribution in [0.4, 0.5) is 5.69 Å². The van der Waals surface area contributed by atoms with Crippen molar-refractivity contribution in [3.05, 3.63) is 59.4 Å². The number of carbonyl (C=O) groups excluding carboxylic acids is 3. The van der Waals surface area contributed by atoms with Gasteiger partial charge in [0.05, 0.1) is 12.7 Å². The number of esters is 1. The highest BCUT2D eigenvalue weighted by Crippen LogP contribution is 2.13. The molecule has 2 amide bonds. The average Bonchev–Trinajstić information content (AvgIpc) is 2.67. The molecule has 26 heavy (non-hydrogen) atoms. The van der Waals surface area contributed by atoms with Gasteiger partial charge in [-0.05, 0) is 43.7 Å². The van der Waals surface area contributed by atoms with Gasteiger partial charge in [-0.3, -0.25) is 14.6 Å². The Morgan fingerprint density at radius 1 is 1.12 bits per heavy atom. The van der Waals surface area contributed by atoms with E-state index in [2.05, 4.69) is 20.4 Å². The second-order valence-corrected chi connectivity index (χ2v) is 5.74. The third kappa shape index (κ3) is 4.89. The zero-order chi connectivity index (χ0) is 19.1. The maximum absolute atomic E-state index is 12.4. The van der Waals surface area contributed by atoms with E-state index in [1.54, 1.807) is 24.3 Å². The highest BCUT2D eigenvalue weighted by atomic mass is 16.5. The highest BCUT2D eigenvalue weighted by Gasteiger charge is 2.14. The largest absolute Gasteiger partial charge is 0.465 e.